The number of carbonyl (C=O) groups is 1. The van der Waals surface area contributed by atoms with Crippen LogP contribution >= 0.6 is 0 Å². The molecule has 1 aromatic rings. The molecule has 4 rings (SSSR count). The van der Waals surface area contributed by atoms with Gasteiger partial charge in [0.2, 0.25) is 5.91 Å². The Balaban J connectivity index is 1.52. The van der Waals surface area contributed by atoms with Gasteiger partial charge < -0.3 is 14.8 Å². The SMILES string of the molecule is CN1CCCC(C(=O)N2CCC3(CCc4c3nc(C(C)(C)C)[nH]c4=O)CC2)C1. The molecule has 3 aliphatic rings. The van der Waals surface area contributed by atoms with Crippen molar-refractivity contribution in [2.24, 2.45) is 5.92 Å². The Morgan fingerprint density at radius 2 is 1.89 bits per heavy atom. The van der Waals surface area contributed by atoms with Crippen molar-refractivity contribution in [3.05, 3.63) is 27.4 Å². The molecular weight excluding hydrogens is 352 g/mol. The van der Waals surface area contributed by atoms with E-state index < -0.39 is 0 Å². The van der Waals surface area contributed by atoms with Crippen LogP contribution in [0, 0.1) is 5.92 Å². The number of amides is 1. The largest absolute Gasteiger partial charge is 0.342 e. The molecule has 2 fully saturated rings. The molecule has 1 atom stereocenters. The van der Waals surface area contributed by atoms with Crippen LogP contribution in [0.4, 0.5) is 0 Å². The average Bonchev–Trinajstić information content (AvgIpc) is 3.00. The van der Waals surface area contributed by atoms with Gasteiger partial charge in [-0.1, -0.05) is 20.8 Å². The van der Waals surface area contributed by atoms with Crippen molar-refractivity contribution in [2.75, 3.05) is 33.2 Å². The van der Waals surface area contributed by atoms with Crippen LogP contribution in [0.2, 0.25) is 0 Å². The Hall–Kier alpha value is -1.69. The molecular formula is C22H34N4O2. The Labute approximate surface area is 167 Å². The number of aromatic nitrogens is 2. The quantitative estimate of drug-likeness (QED) is 0.803. The van der Waals surface area contributed by atoms with Crippen LogP contribution in [-0.4, -0.2) is 58.9 Å². The third kappa shape index (κ3) is 3.40. The number of rotatable bonds is 1. The first-order valence-electron chi connectivity index (χ1n) is 10.8. The van der Waals surface area contributed by atoms with Crippen LogP contribution in [0.25, 0.3) is 0 Å². The molecule has 1 aromatic heterocycles. The molecule has 154 valence electrons. The van der Waals surface area contributed by atoms with E-state index in [9.17, 15) is 9.59 Å². The first-order valence-corrected chi connectivity index (χ1v) is 10.8. The highest BCUT2D eigenvalue weighted by Gasteiger charge is 2.45. The smallest absolute Gasteiger partial charge is 0.254 e. The minimum absolute atomic E-state index is 0.0241. The van der Waals surface area contributed by atoms with Crippen LogP contribution in [0.15, 0.2) is 4.79 Å². The minimum Gasteiger partial charge on any atom is -0.342 e. The molecule has 28 heavy (non-hydrogen) atoms. The van der Waals surface area contributed by atoms with Gasteiger partial charge in [-0.05, 0) is 52.1 Å². The van der Waals surface area contributed by atoms with E-state index >= 15 is 0 Å². The summed E-state index contributed by atoms with van der Waals surface area (Å²) in [6.07, 6.45) is 5.77. The van der Waals surface area contributed by atoms with Gasteiger partial charge in [0.15, 0.2) is 0 Å². The van der Waals surface area contributed by atoms with Crippen molar-refractivity contribution in [2.45, 2.75) is 70.1 Å². The molecule has 0 bridgehead atoms. The maximum atomic E-state index is 13.0. The molecule has 2 aliphatic heterocycles. The molecule has 0 saturated carbocycles. The summed E-state index contributed by atoms with van der Waals surface area (Å²) in [6.45, 7) is 9.82. The maximum Gasteiger partial charge on any atom is 0.254 e. The van der Waals surface area contributed by atoms with Gasteiger partial charge in [-0.15, -0.1) is 0 Å². The lowest BCUT2D eigenvalue weighted by atomic mass is 9.75. The fraction of sp³-hybridized carbons (Fsp3) is 0.773. The molecule has 1 spiro atoms. The zero-order valence-electron chi connectivity index (χ0n) is 17.8. The molecule has 0 aromatic carbocycles. The van der Waals surface area contributed by atoms with Gasteiger partial charge in [0.1, 0.15) is 5.82 Å². The van der Waals surface area contributed by atoms with E-state index in [0.29, 0.717) is 5.91 Å². The maximum absolute atomic E-state index is 13.0. The van der Waals surface area contributed by atoms with Crippen molar-refractivity contribution >= 4 is 5.91 Å². The number of H-pyrrole nitrogens is 1. The number of piperidine rings is 2. The molecule has 1 N–H and O–H groups in total. The summed E-state index contributed by atoms with van der Waals surface area (Å²) < 4.78 is 0. The number of likely N-dealkylation sites (tertiary alicyclic amines) is 2. The van der Waals surface area contributed by atoms with Crippen molar-refractivity contribution in [1.29, 1.82) is 0 Å². The predicted molar refractivity (Wildman–Crippen MR) is 110 cm³/mol. The Morgan fingerprint density at radius 3 is 2.54 bits per heavy atom. The highest BCUT2D eigenvalue weighted by atomic mass is 16.2. The number of carbonyl (C=O) groups excluding carboxylic acids is 1. The molecule has 6 heteroatoms. The molecule has 0 radical (unpaired) electrons. The summed E-state index contributed by atoms with van der Waals surface area (Å²) in [5.41, 5.74) is 1.73. The Bertz CT molecular complexity index is 815. The van der Waals surface area contributed by atoms with Gasteiger partial charge in [-0.25, -0.2) is 4.98 Å². The monoisotopic (exact) mass is 386 g/mol. The van der Waals surface area contributed by atoms with Crippen molar-refractivity contribution < 1.29 is 4.79 Å². The van der Waals surface area contributed by atoms with E-state index in [4.69, 9.17) is 4.98 Å². The number of nitrogens with one attached hydrogen (secondary N) is 1. The number of fused-ring (bicyclic) bond motifs is 2. The molecule has 1 unspecified atom stereocenters. The molecule has 1 aliphatic carbocycles. The van der Waals surface area contributed by atoms with Gasteiger partial charge >= 0.3 is 0 Å². The second-order valence-electron chi connectivity index (χ2n) is 10.2. The summed E-state index contributed by atoms with van der Waals surface area (Å²) in [5.74, 6) is 1.26. The van der Waals surface area contributed by atoms with Gasteiger partial charge in [0.25, 0.3) is 5.56 Å². The van der Waals surface area contributed by atoms with Gasteiger partial charge in [0, 0.05) is 36.0 Å². The van der Waals surface area contributed by atoms with Crippen LogP contribution < -0.4 is 5.56 Å². The third-order valence-corrected chi connectivity index (χ3v) is 7.09. The Morgan fingerprint density at radius 1 is 1.18 bits per heavy atom. The van der Waals surface area contributed by atoms with Crippen molar-refractivity contribution in [3.8, 4) is 0 Å². The molecule has 1 amide bonds. The number of hydrogen-bond acceptors (Lipinski definition) is 4. The first kappa shape index (κ1) is 19.6. The number of aromatic amines is 1. The van der Waals surface area contributed by atoms with E-state index in [-0.39, 0.29) is 22.3 Å². The van der Waals surface area contributed by atoms with Crippen LogP contribution in [-0.2, 0) is 22.0 Å². The van der Waals surface area contributed by atoms with Gasteiger partial charge in [0.05, 0.1) is 11.6 Å². The topological polar surface area (TPSA) is 69.3 Å². The van der Waals surface area contributed by atoms with E-state index in [1.165, 1.54) is 0 Å². The first-order chi connectivity index (χ1) is 13.2. The summed E-state index contributed by atoms with van der Waals surface area (Å²) in [6, 6.07) is 0. The van der Waals surface area contributed by atoms with Crippen LogP contribution in [0.1, 0.15) is 70.0 Å². The zero-order chi connectivity index (χ0) is 20.1. The van der Waals surface area contributed by atoms with E-state index in [0.717, 1.165) is 81.8 Å². The highest BCUT2D eigenvalue weighted by molar-refractivity contribution is 5.79. The predicted octanol–water partition coefficient (Wildman–Crippen LogP) is 2.22. The highest BCUT2D eigenvalue weighted by Crippen LogP contribution is 2.44. The second-order valence-corrected chi connectivity index (χ2v) is 10.2. The van der Waals surface area contributed by atoms with Gasteiger partial charge in [-0.3, -0.25) is 9.59 Å². The van der Waals surface area contributed by atoms with Gasteiger partial charge in [-0.2, -0.15) is 0 Å². The molecule has 3 heterocycles. The standard InChI is InChI=1S/C22H34N4O2/c1-21(2,3)20-23-17-16(18(27)24-20)7-8-22(17)9-12-26(13-10-22)19(28)15-6-5-11-25(4)14-15/h15H,5-14H2,1-4H3,(H,23,24,27). The molecule has 6 nitrogen and oxygen atoms in total. The summed E-state index contributed by atoms with van der Waals surface area (Å²) in [4.78, 5) is 38.0. The number of hydrogen-bond donors (Lipinski definition) is 1. The van der Waals surface area contributed by atoms with E-state index in [1.807, 2.05) is 0 Å². The molecule has 2 saturated heterocycles. The fourth-order valence-electron chi connectivity index (χ4n) is 5.27. The zero-order valence-corrected chi connectivity index (χ0v) is 17.8. The van der Waals surface area contributed by atoms with Crippen molar-refractivity contribution in [3.63, 3.8) is 0 Å². The number of nitrogens with zero attached hydrogens (tertiary/aromatic N) is 3. The third-order valence-electron chi connectivity index (χ3n) is 7.09. The van der Waals surface area contributed by atoms with Crippen LogP contribution in [0.3, 0.4) is 0 Å². The fourth-order valence-corrected chi connectivity index (χ4v) is 5.27. The summed E-state index contributed by atoms with van der Waals surface area (Å²) >= 11 is 0. The van der Waals surface area contributed by atoms with E-state index in [1.54, 1.807) is 0 Å². The second kappa shape index (κ2) is 6.97. The van der Waals surface area contributed by atoms with Crippen molar-refractivity contribution in [1.82, 2.24) is 19.8 Å². The Kier molecular flexibility index (Phi) is 4.89. The lowest BCUT2D eigenvalue weighted by Gasteiger charge is -2.41. The normalized spacial score (nSPS) is 25.1. The summed E-state index contributed by atoms with van der Waals surface area (Å²) in [7, 11) is 2.11. The van der Waals surface area contributed by atoms with Crippen LogP contribution in [0.5, 0.6) is 0 Å². The lowest BCUT2D eigenvalue weighted by Crippen LogP contribution is -2.49. The average molecular weight is 387 g/mol. The minimum atomic E-state index is -0.179. The lowest BCUT2D eigenvalue weighted by molar-refractivity contribution is -0.138. The van der Waals surface area contributed by atoms with E-state index in [2.05, 4.69) is 42.6 Å². The summed E-state index contributed by atoms with van der Waals surface area (Å²) in [5, 5.41) is 0.